The Labute approximate surface area is 112 Å². The van der Waals surface area contributed by atoms with Crippen LogP contribution in [-0.4, -0.2) is 18.8 Å². The number of hydrogen-bond acceptors (Lipinski definition) is 3. The first-order valence-corrected chi connectivity index (χ1v) is 7.91. The van der Waals surface area contributed by atoms with E-state index in [9.17, 15) is 0 Å². The van der Waals surface area contributed by atoms with E-state index in [4.69, 9.17) is 10.6 Å². The maximum absolute atomic E-state index is 5.86. The molecule has 4 atom stereocenters. The second-order valence-corrected chi connectivity index (χ2v) is 6.20. The zero-order valence-corrected chi connectivity index (χ0v) is 11.9. The molecular weight excluding hydrogens is 224 g/mol. The molecule has 1 heterocycles. The van der Waals surface area contributed by atoms with Crippen molar-refractivity contribution in [1.29, 1.82) is 0 Å². The Bertz CT molecular complexity index is 229. The van der Waals surface area contributed by atoms with Gasteiger partial charge in [0, 0.05) is 12.6 Å². The normalized spacial score (nSPS) is 35.3. The molecule has 2 rings (SSSR count). The van der Waals surface area contributed by atoms with Gasteiger partial charge in [0.15, 0.2) is 0 Å². The van der Waals surface area contributed by atoms with Crippen LogP contribution in [0, 0.1) is 11.8 Å². The van der Waals surface area contributed by atoms with E-state index in [2.05, 4.69) is 12.3 Å². The van der Waals surface area contributed by atoms with Crippen molar-refractivity contribution in [2.45, 2.75) is 76.9 Å². The Morgan fingerprint density at radius 2 is 2.11 bits per heavy atom. The summed E-state index contributed by atoms with van der Waals surface area (Å²) < 4.78 is 5.86. The van der Waals surface area contributed by atoms with E-state index in [1.165, 1.54) is 51.4 Å². The quantitative estimate of drug-likeness (QED) is 0.585. The van der Waals surface area contributed by atoms with Crippen LogP contribution in [0.2, 0.25) is 0 Å². The average molecular weight is 254 g/mol. The van der Waals surface area contributed by atoms with Crippen LogP contribution in [0.25, 0.3) is 0 Å². The molecule has 2 aliphatic rings. The van der Waals surface area contributed by atoms with Crippen molar-refractivity contribution in [1.82, 2.24) is 5.43 Å². The highest BCUT2D eigenvalue weighted by atomic mass is 16.5. The summed E-state index contributed by atoms with van der Waals surface area (Å²) in [5, 5.41) is 0. The van der Waals surface area contributed by atoms with Gasteiger partial charge in [-0.3, -0.25) is 11.3 Å². The van der Waals surface area contributed by atoms with Crippen LogP contribution in [0.4, 0.5) is 0 Å². The minimum atomic E-state index is 0.446. The van der Waals surface area contributed by atoms with Crippen molar-refractivity contribution in [2.24, 2.45) is 17.7 Å². The fourth-order valence-corrected chi connectivity index (χ4v) is 3.74. The predicted molar refractivity (Wildman–Crippen MR) is 75.1 cm³/mol. The minimum absolute atomic E-state index is 0.446. The number of nitrogens with one attached hydrogen (secondary N) is 1. The topological polar surface area (TPSA) is 47.3 Å². The molecule has 0 aromatic carbocycles. The summed E-state index contributed by atoms with van der Waals surface area (Å²) in [6.45, 7) is 3.27. The van der Waals surface area contributed by atoms with Crippen LogP contribution >= 0.6 is 0 Å². The third-order valence-electron chi connectivity index (χ3n) is 4.97. The lowest BCUT2D eigenvalue weighted by Crippen LogP contribution is -2.45. The fourth-order valence-electron chi connectivity index (χ4n) is 3.74. The SMILES string of the molecule is CCC1CCCC(C(CC2CCCCO2)NN)C1. The van der Waals surface area contributed by atoms with Crippen LogP contribution in [0.1, 0.15) is 64.7 Å². The molecule has 2 fully saturated rings. The highest BCUT2D eigenvalue weighted by molar-refractivity contribution is 4.83. The summed E-state index contributed by atoms with van der Waals surface area (Å²) in [6, 6.07) is 0.461. The Kier molecular flexibility index (Phi) is 5.93. The average Bonchev–Trinajstić information content (AvgIpc) is 2.46. The van der Waals surface area contributed by atoms with Crippen LogP contribution in [-0.2, 0) is 4.74 Å². The lowest BCUT2D eigenvalue weighted by atomic mass is 9.75. The number of ether oxygens (including phenoxy) is 1. The zero-order valence-electron chi connectivity index (χ0n) is 11.9. The molecule has 0 spiro atoms. The van der Waals surface area contributed by atoms with Gasteiger partial charge < -0.3 is 4.74 Å². The van der Waals surface area contributed by atoms with Gasteiger partial charge in [-0.1, -0.05) is 26.2 Å². The smallest absolute Gasteiger partial charge is 0.0590 e. The third kappa shape index (κ3) is 3.94. The molecule has 4 unspecified atom stereocenters. The molecule has 3 N–H and O–H groups in total. The van der Waals surface area contributed by atoms with Gasteiger partial charge in [-0.25, -0.2) is 0 Å². The molecule has 106 valence electrons. The summed E-state index contributed by atoms with van der Waals surface area (Å²) >= 11 is 0. The van der Waals surface area contributed by atoms with Gasteiger partial charge >= 0.3 is 0 Å². The number of rotatable bonds is 5. The van der Waals surface area contributed by atoms with Gasteiger partial charge in [-0.2, -0.15) is 0 Å². The van der Waals surface area contributed by atoms with Gasteiger partial charge in [-0.05, 0) is 50.4 Å². The van der Waals surface area contributed by atoms with Crippen LogP contribution in [0.5, 0.6) is 0 Å². The predicted octanol–water partition coefficient (Wildman–Crippen LogP) is 2.99. The lowest BCUT2D eigenvalue weighted by Gasteiger charge is -2.36. The summed E-state index contributed by atoms with van der Waals surface area (Å²) in [4.78, 5) is 0. The first-order valence-electron chi connectivity index (χ1n) is 7.91. The van der Waals surface area contributed by atoms with Crippen molar-refractivity contribution in [3.8, 4) is 0 Å². The Balaban J connectivity index is 1.82. The van der Waals surface area contributed by atoms with E-state index < -0.39 is 0 Å². The van der Waals surface area contributed by atoms with E-state index in [1.54, 1.807) is 0 Å². The summed E-state index contributed by atoms with van der Waals surface area (Å²) in [5.41, 5.74) is 3.08. The van der Waals surface area contributed by atoms with Crippen molar-refractivity contribution < 1.29 is 4.74 Å². The highest BCUT2D eigenvalue weighted by Gasteiger charge is 2.29. The minimum Gasteiger partial charge on any atom is -0.378 e. The van der Waals surface area contributed by atoms with Gasteiger partial charge in [0.05, 0.1) is 6.10 Å². The first kappa shape index (κ1) is 14.3. The molecule has 0 amide bonds. The lowest BCUT2D eigenvalue weighted by molar-refractivity contribution is -0.00159. The first-order chi connectivity index (χ1) is 8.83. The van der Waals surface area contributed by atoms with E-state index in [-0.39, 0.29) is 0 Å². The summed E-state index contributed by atoms with van der Waals surface area (Å²) in [6.07, 6.45) is 12.2. The molecule has 3 nitrogen and oxygen atoms in total. The molecule has 1 aliphatic heterocycles. The Morgan fingerprint density at radius 1 is 1.22 bits per heavy atom. The Morgan fingerprint density at radius 3 is 2.78 bits per heavy atom. The molecule has 1 aliphatic carbocycles. The Hall–Kier alpha value is -0.120. The second-order valence-electron chi connectivity index (χ2n) is 6.20. The second kappa shape index (κ2) is 7.46. The molecule has 0 aromatic heterocycles. The van der Waals surface area contributed by atoms with Crippen LogP contribution in [0.15, 0.2) is 0 Å². The molecular formula is C15H30N2O. The van der Waals surface area contributed by atoms with Crippen molar-refractivity contribution in [2.75, 3.05) is 6.61 Å². The summed E-state index contributed by atoms with van der Waals surface area (Å²) in [5.74, 6) is 7.49. The molecule has 18 heavy (non-hydrogen) atoms. The molecule has 1 saturated heterocycles. The van der Waals surface area contributed by atoms with Gasteiger partial charge in [0.2, 0.25) is 0 Å². The molecule has 1 saturated carbocycles. The van der Waals surface area contributed by atoms with E-state index in [0.29, 0.717) is 12.1 Å². The maximum Gasteiger partial charge on any atom is 0.0590 e. The van der Waals surface area contributed by atoms with E-state index in [0.717, 1.165) is 24.9 Å². The molecule has 0 aromatic rings. The molecule has 0 radical (unpaired) electrons. The summed E-state index contributed by atoms with van der Waals surface area (Å²) in [7, 11) is 0. The van der Waals surface area contributed by atoms with Crippen molar-refractivity contribution in [3.05, 3.63) is 0 Å². The van der Waals surface area contributed by atoms with Crippen molar-refractivity contribution in [3.63, 3.8) is 0 Å². The maximum atomic E-state index is 5.86. The number of nitrogens with two attached hydrogens (primary N) is 1. The monoisotopic (exact) mass is 254 g/mol. The van der Waals surface area contributed by atoms with Crippen LogP contribution in [0.3, 0.4) is 0 Å². The van der Waals surface area contributed by atoms with Gasteiger partial charge in [0.1, 0.15) is 0 Å². The zero-order chi connectivity index (χ0) is 12.8. The third-order valence-corrected chi connectivity index (χ3v) is 4.97. The van der Waals surface area contributed by atoms with E-state index >= 15 is 0 Å². The van der Waals surface area contributed by atoms with E-state index in [1.807, 2.05) is 0 Å². The molecule has 3 heteroatoms. The number of hydrazine groups is 1. The van der Waals surface area contributed by atoms with Gasteiger partial charge in [-0.15, -0.1) is 0 Å². The largest absolute Gasteiger partial charge is 0.378 e. The van der Waals surface area contributed by atoms with Crippen molar-refractivity contribution >= 4 is 0 Å². The van der Waals surface area contributed by atoms with Crippen LogP contribution < -0.4 is 11.3 Å². The molecule has 0 bridgehead atoms. The van der Waals surface area contributed by atoms with Gasteiger partial charge in [0.25, 0.3) is 0 Å². The fraction of sp³-hybridized carbons (Fsp3) is 1.00. The highest BCUT2D eigenvalue weighted by Crippen LogP contribution is 2.34. The standard InChI is InChI=1S/C15H30N2O/c1-2-12-6-5-7-13(10-12)15(17-16)11-14-8-3-4-9-18-14/h12-15,17H,2-11,16H2,1H3. The number of hydrogen-bond donors (Lipinski definition) is 2.